The van der Waals surface area contributed by atoms with Gasteiger partial charge in [-0.2, -0.15) is 0 Å². The second-order valence-electron chi connectivity index (χ2n) is 4.22. The first-order valence-electron chi connectivity index (χ1n) is 6.15. The summed E-state index contributed by atoms with van der Waals surface area (Å²) in [6.45, 7) is 0.435. The molecule has 0 fully saturated rings. The second kappa shape index (κ2) is 6.64. The van der Waals surface area contributed by atoms with Crippen molar-refractivity contribution in [2.45, 2.75) is 12.8 Å². The van der Waals surface area contributed by atoms with Crippen LogP contribution in [0.2, 0.25) is 0 Å². The van der Waals surface area contributed by atoms with Crippen molar-refractivity contribution >= 4 is 5.91 Å². The Balaban J connectivity index is 1.77. The molecule has 4 heteroatoms. The van der Waals surface area contributed by atoms with E-state index < -0.39 is 0 Å². The SMILES string of the molecule is O=C(Cc1ccncc1)NCCc1ccccc1F. The van der Waals surface area contributed by atoms with Gasteiger partial charge in [-0.1, -0.05) is 18.2 Å². The molecule has 0 aliphatic heterocycles. The molecule has 0 saturated carbocycles. The summed E-state index contributed by atoms with van der Waals surface area (Å²) in [4.78, 5) is 15.6. The van der Waals surface area contributed by atoms with Gasteiger partial charge in [0, 0.05) is 18.9 Å². The van der Waals surface area contributed by atoms with E-state index in [1.807, 2.05) is 0 Å². The lowest BCUT2D eigenvalue weighted by Gasteiger charge is -2.06. The molecule has 0 saturated heterocycles. The molecule has 0 unspecified atom stereocenters. The normalized spacial score (nSPS) is 10.2. The smallest absolute Gasteiger partial charge is 0.224 e. The summed E-state index contributed by atoms with van der Waals surface area (Å²) in [6.07, 6.45) is 4.12. The van der Waals surface area contributed by atoms with E-state index in [1.54, 1.807) is 42.7 Å². The Labute approximate surface area is 111 Å². The van der Waals surface area contributed by atoms with Gasteiger partial charge in [-0.15, -0.1) is 0 Å². The minimum absolute atomic E-state index is 0.0671. The first kappa shape index (κ1) is 13.2. The number of aromatic nitrogens is 1. The topological polar surface area (TPSA) is 42.0 Å². The zero-order chi connectivity index (χ0) is 13.5. The van der Waals surface area contributed by atoms with Crippen LogP contribution in [0, 0.1) is 5.82 Å². The number of carbonyl (C=O) groups is 1. The van der Waals surface area contributed by atoms with Crippen LogP contribution in [0.3, 0.4) is 0 Å². The largest absolute Gasteiger partial charge is 0.355 e. The van der Waals surface area contributed by atoms with E-state index in [2.05, 4.69) is 10.3 Å². The summed E-state index contributed by atoms with van der Waals surface area (Å²) >= 11 is 0. The summed E-state index contributed by atoms with van der Waals surface area (Å²) in [6, 6.07) is 10.2. The summed E-state index contributed by atoms with van der Waals surface area (Å²) < 4.78 is 13.3. The van der Waals surface area contributed by atoms with Crippen molar-refractivity contribution in [3.05, 3.63) is 65.7 Å². The number of hydrogen-bond acceptors (Lipinski definition) is 2. The summed E-state index contributed by atoms with van der Waals surface area (Å²) in [5.74, 6) is -0.298. The molecule has 3 nitrogen and oxygen atoms in total. The molecule has 98 valence electrons. The minimum atomic E-state index is -0.231. The van der Waals surface area contributed by atoms with Crippen molar-refractivity contribution in [1.29, 1.82) is 0 Å². The third-order valence-electron chi connectivity index (χ3n) is 2.79. The quantitative estimate of drug-likeness (QED) is 0.892. The molecule has 0 radical (unpaired) electrons. The molecule has 0 spiro atoms. The molecule has 19 heavy (non-hydrogen) atoms. The van der Waals surface area contributed by atoms with Gasteiger partial charge in [0.2, 0.25) is 5.91 Å². The number of hydrogen-bond donors (Lipinski definition) is 1. The number of nitrogens with one attached hydrogen (secondary N) is 1. The number of nitrogens with zero attached hydrogens (tertiary/aromatic N) is 1. The molecule has 1 aromatic heterocycles. The van der Waals surface area contributed by atoms with Gasteiger partial charge in [0.05, 0.1) is 6.42 Å². The maximum atomic E-state index is 13.3. The van der Waals surface area contributed by atoms with Crippen molar-refractivity contribution in [3.63, 3.8) is 0 Å². The number of carbonyl (C=O) groups excluding carboxylic acids is 1. The highest BCUT2D eigenvalue weighted by molar-refractivity contribution is 5.78. The molecule has 0 atom stereocenters. The van der Waals surface area contributed by atoms with Crippen molar-refractivity contribution in [2.75, 3.05) is 6.54 Å². The molecule has 2 rings (SSSR count). The highest BCUT2D eigenvalue weighted by Gasteiger charge is 2.04. The summed E-state index contributed by atoms with van der Waals surface area (Å²) in [7, 11) is 0. The van der Waals surface area contributed by atoms with Crippen LogP contribution in [0.4, 0.5) is 4.39 Å². The molecule has 1 heterocycles. The predicted octanol–water partition coefficient (Wildman–Crippen LogP) is 2.12. The van der Waals surface area contributed by atoms with Gasteiger partial charge in [-0.25, -0.2) is 4.39 Å². The molecule has 1 N–H and O–H groups in total. The molecular weight excluding hydrogens is 243 g/mol. The first-order valence-corrected chi connectivity index (χ1v) is 6.15. The van der Waals surface area contributed by atoms with Crippen LogP contribution in [0.25, 0.3) is 0 Å². The van der Waals surface area contributed by atoms with Crippen molar-refractivity contribution in [2.24, 2.45) is 0 Å². The number of pyridine rings is 1. The third kappa shape index (κ3) is 4.17. The Morgan fingerprint density at radius 1 is 1.16 bits per heavy atom. The average molecular weight is 258 g/mol. The van der Waals surface area contributed by atoms with Gasteiger partial charge >= 0.3 is 0 Å². The molecule has 0 aliphatic rings. The van der Waals surface area contributed by atoms with E-state index in [1.165, 1.54) is 6.07 Å². The van der Waals surface area contributed by atoms with Gasteiger partial charge in [-0.3, -0.25) is 9.78 Å². The standard InChI is InChI=1S/C15H15FN2O/c16-14-4-2-1-3-13(14)7-10-18-15(19)11-12-5-8-17-9-6-12/h1-6,8-9H,7,10-11H2,(H,18,19). The fourth-order valence-electron chi connectivity index (χ4n) is 1.79. The van der Waals surface area contributed by atoms with E-state index in [-0.39, 0.29) is 11.7 Å². The maximum Gasteiger partial charge on any atom is 0.224 e. The lowest BCUT2D eigenvalue weighted by Crippen LogP contribution is -2.27. The Bertz CT molecular complexity index is 543. The zero-order valence-electron chi connectivity index (χ0n) is 10.5. The molecule has 2 aromatic rings. The number of benzene rings is 1. The van der Waals surface area contributed by atoms with Gasteiger partial charge in [-0.05, 0) is 35.7 Å². The van der Waals surface area contributed by atoms with Crippen LogP contribution in [0.15, 0.2) is 48.8 Å². The van der Waals surface area contributed by atoms with Crippen LogP contribution < -0.4 is 5.32 Å². The lowest BCUT2D eigenvalue weighted by molar-refractivity contribution is -0.120. The third-order valence-corrected chi connectivity index (χ3v) is 2.79. The van der Waals surface area contributed by atoms with Gasteiger partial charge in [0.1, 0.15) is 5.82 Å². The van der Waals surface area contributed by atoms with E-state index in [9.17, 15) is 9.18 Å². The van der Waals surface area contributed by atoms with Crippen LogP contribution in [-0.4, -0.2) is 17.4 Å². The van der Waals surface area contributed by atoms with E-state index >= 15 is 0 Å². The highest BCUT2D eigenvalue weighted by Crippen LogP contribution is 2.06. The van der Waals surface area contributed by atoms with Gasteiger partial charge in [0.25, 0.3) is 0 Å². The van der Waals surface area contributed by atoms with E-state index in [0.29, 0.717) is 24.9 Å². The Morgan fingerprint density at radius 3 is 2.63 bits per heavy atom. The Hall–Kier alpha value is -2.23. The van der Waals surface area contributed by atoms with Crippen LogP contribution in [0.1, 0.15) is 11.1 Å². The maximum absolute atomic E-state index is 13.3. The van der Waals surface area contributed by atoms with Crippen LogP contribution >= 0.6 is 0 Å². The predicted molar refractivity (Wildman–Crippen MR) is 71.1 cm³/mol. The second-order valence-corrected chi connectivity index (χ2v) is 4.22. The molecule has 1 amide bonds. The highest BCUT2D eigenvalue weighted by atomic mass is 19.1. The van der Waals surface area contributed by atoms with Crippen molar-refractivity contribution in [1.82, 2.24) is 10.3 Å². The Morgan fingerprint density at radius 2 is 1.89 bits per heavy atom. The van der Waals surface area contributed by atoms with Crippen molar-refractivity contribution in [3.8, 4) is 0 Å². The minimum Gasteiger partial charge on any atom is -0.355 e. The molecular formula is C15H15FN2O. The molecule has 0 bridgehead atoms. The molecule has 1 aromatic carbocycles. The lowest BCUT2D eigenvalue weighted by atomic mass is 10.1. The van der Waals surface area contributed by atoms with Crippen LogP contribution in [-0.2, 0) is 17.6 Å². The fraction of sp³-hybridized carbons (Fsp3) is 0.200. The first-order chi connectivity index (χ1) is 9.25. The fourth-order valence-corrected chi connectivity index (χ4v) is 1.79. The Kier molecular flexibility index (Phi) is 4.61. The average Bonchev–Trinajstić information content (AvgIpc) is 2.42. The number of halogens is 1. The number of amides is 1. The summed E-state index contributed by atoms with van der Waals surface area (Å²) in [5, 5.41) is 2.78. The van der Waals surface area contributed by atoms with E-state index in [0.717, 1.165) is 5.56 Å². The summed E-state index contributed by atoms with van der Waals surface area (Å²) in [5.41, 5.74) is 1.53. The molecule has 0 aliphatic carbocycles. The van der Waals surface area contributed by atoms with Crippen LogP contribution in [0.5, 0.6) is 0 Å². The van der Waals surface area contributed by atoms with Gasteiger partial charge in [0.15, 0.2) is 0 Å². The van der Waals surface area contributed by atoms with E-state index in [4.69, 9.17) is 0 Å². The number of rotatable bonds is 5. The van der Waals surface area contributed by atoms with Gasteiger partial charge < -0.3 is 5.32 Å². The van der Waals surface area contributed by atoms with Crippen molar-refractivity contribution < 1.29 is 9.18 Å². The monoisotopic (exact) mass is 258 g/mol. The zero-order valence-corrected chi connectivity index (χ0v) is 10.5.